The van der Waals surface area contributed by atoms with Gasteiger partial charge in [0, 0.05) is 18.5 Å². The molecule has 4 N–H and O–H groups in total. The summed E-state index contributed by atoms with van der Waals surface area (Å²) in [7, 11) is 0. The maximum atomic E-state index is 13.6. The second kappa shape index (κ2) is 12.4. The molecule has 164 valence electrons. The monoisotopic (exact) mass is 528 g/mol. The lowest BCUT2D eigenvalue weighted by atomic mass is 9.84. The highest BCUT2D eigenvalue weighted by Gasteiger charge is 2.21. The van der Waals surface area contributed by atoms with Gasteiger partial charge in [-0.1, -0.05) is 38.1 Å². The molecule has 0 aromatic heterocycles. The van der Waals surface area contributed by atoms with Gasteiger partial charge >= 0.3 is 0 Å². The SMILES string of the molecule is CCNC(=NCc1cccc(OCC(N)=O)c1)NCC(C)(C)c1cccc(F)c1.I. The zero-order valence-corrected chi connectivity index (χ0v) is 19.9. The van der Waals surface area contributed by atoms with Crippen LogP contribution >= 0.6 is 24.0 Å². The van der Waals surface area contributed by atoms with Gasteiger partial charge in [-0.2, -0.15) is 0 Å². The fourth-order valence-electron chi connectivity index (χ4n) is 2.72. The van der Waals surface area contributed by atoms with Crippen molar-refractivity contribution in [3.05, 3.63) is 65.5 Å². The number of nitrogens with two attached hydrogens (primary N) is 1. The number of ether oxygens (including phenoxy) is 1. The minimum atomic E-state index is -0.520. The minimum absolute atomic E-state index is 0. The standard InChI is InChI=1S/C22H29FN4O2.HI/c1-4-25-21(27-15-22(2,3)17-8-6-9-18(23)12-17)26-13-16-7-5-10-19(11-16)29-14-20(24)28;/h5-12H,4,13-15H2,1-3H3,(H2,24,28)(H2,25,26,27);1H. The Balaban J connectivity index is 0.00000450. The van der Waals surface area contributed by atoms with Crippen LogP contribution in [-0.2, 0) is 16.8 Å². The molecule has 0 spiro atoms. The molecule has 0 heterocycles. The van der Waals surface area contributed by atoms with Crippen LogP contribution in [0.25, 0.3) is 0 Å². The van der Waals surface area contributed by atoms with E-state index in [1.165, 1.54) is 6.07 Å². The lowest BCUT2D eigenvalue weighted by Crippen LogP contribution is -2.43. The van der Waals surface area contributed by atoms with Crippen molar-refractivity contribution in [3.63, 3.8) is 0 Å². The summed E-state index contributed by atoms with van der Waals surface area (Å²) < 4.78 is 18.9. The Morgan fingerprint density at radius 3 is 2.57 bits per heavy atom. The lowest BCUT2D eigenvalue weighted by molar-refractivity contribution is -0.119. The van der Waals surface area contributed by atoms with E-state index < -0.39 is 5.91 Å². The van der Waals surface area contributed by atoms with E-state index in [1.54, 1.807) is 18.2 Å². The Hall–Kier alpha value is -2.36. The van der Waals surface area contributed by atoms with Gasteiger partial charge in [0.05, 0.1) is 6.54 Å². The quantitative estimate of drug-likeness (QED) is 0.265. The van der Waals surface area contributed by atoms with Crippen molar-refractivity contribution in [1.82, 2.24) is 10.6 Å². The third kappa shape index (κ3) is 8.56. The second-order valence-electron chi connectivity index (χ2n) is 7.35. The average molecular weight is 528 g/mol. The Kier molecular flexibility index (Phi) is 10.6. The summed E-state index contributed by atoms with van der Waals surface area (Å²) in [5, 5.41) is 6.54. The van der Waals surface area contributed by atoms with Gasteiger partial charge in [-0.15, -0.1) is 24.0 Å². The Morgan fingerprint density at radius 2 is 1.90 bits per heavy atom. The average Bonchev–Trinajstić information content (AvgIpc) is 2.69. The van der Waals surface area contributed by atoms with Crippen molar-refractivity contribution in [2.24, 2.45) is 10.7 Å². The first-order valence-corrected chi connectivity index (χ1v) is 9.58. The highest BCUT2D eigenvalue weighted by molar-refractivity contribution is 14.0. The highest BCUT2D eigenvalue weighted by atomic mass is 127. The van der Waals surface area contributed by atoms with Crippen molar-refractivity contribution in [2.75, 3.05) is 19.7 Å². The molecule has 0 radical (unpaired) electrons. The van der Waals surface area contributed by atoms with Crippen molar-refractivity contribution >= 4 is 35.8 Å². The molecule has 0 unspecified atom stereocenters. The van der Waals surface area contributed by atoms with Crippen LogP contribution in [-0.4, -0.2) is 31.6 Å². The number of nitrogens with zero attached hydrogens (tertiary/aromatic N) is 1. The molecule has 0 bridgehead atoms. The number of aliphatic imine (C=N–C) groups is 1. The first kappa shape index (κ1) is 25.7. The Labute approximate surface area is 194 Å². The van der Waals surface area contributed by atoms with E-state index >= 15 is 0 Å². The lowest BCUT2D eigenvalue weighted by Gasteiger charge is -2.27. The van der Waals surface area contributed by atoms with E-state index in [9.17, 15) is 9.18 Å². The molecule has 0 aliphatic carbocycles. The number of carbonyl (C=O) groups is 1. The minimum Gasteiger partial charge on any atom is -0.484 e. The maximum absolute atomic E-state index is 13.6. The van der Waals surface area contributed by atoms with Gasteiger partial charge in [-0.25, -0.2) is 9.38 Å². The summed E-state index contributed by atoms with van der Waals surface area (Å²) in [6, 6.07) is 14.0. The Morgan fingerprint density at radius 1 is 1.17 bits per heavy atom. The summed E-state index contributed by atoms with van der Waals surface area (Å²) in [6.45, 7) is 7.68. The van der Waals surface area contributed by atoms with Crippen molar-refractivity contribution in [1.29, 1.82) is 0 Å². The van der Waals surface area contributed by atoms with Gasteiger partial charge in [0.2, 0.25) is 0 Å². The fourth-order valence-corrected chi connectivity index (χ4v) is 2.72. The zero-order chi connectivity index (χ0) is 21.3. The summed E-state index contributed by atoms with van der Waals surface area (Å²) in [5.41, 5.74) is 6.68. The van der Waals surface area contributed by atoms with E-state index in [0.717, 1.165) is 11.1 Å². The van der Waals surface area contributed by atoms with Crippen LogP contribution in [0.15, 0.2) is 53.5 Å². The molecule has 2 aromatic carbocycles. The molecule has 8 heteroatoms. The van der Waals surface area contributed by atoms with Crippen LogP contribution in [0.2, 0.25) is 0 Å². The maximum Gasteiger partial charge on any atom is 0.255 e. The van der Waals surface area contributed by atoms with Crippen LogP contribution in [0, 0.1) is 5.82 Å². The number of guanidine groups is 1. The van der Waals surface area contributed by atoms with Gasteiger partial charge in [-0.05, 0) is 42.3 Å². The van der Waals surface area contributed by atoms with Gasteiger partial charge in [0.1, 0.15) is 11.6 Å². The molecule has 2 aromatic rings. The topological polar surface area (TPSA) is 88.7 Å². The third-order valence-electron chi connectivity index (χ3n) is 4.35. The molecule has 0 saturated heterocycles. The number of amides is 1. The van der Waals surface area contributed by atoms with Gasteiger partial charge in [0.15, 0.2) is 12.6 Å². The summed E-state index contributed by atoms with van der Waals surface area (Å²) in [4.78, 5) is 15.5. The molecular weight excluding hydrogens is 498 g/mol. The third-order valence-corrected chi connectivity index (χ3v) is 4.35. The van der Waals surface area contributed by atoms with Gasteiger partial charge in [0.25, 0.3) is 5.91 Å². The van der Waals surface area contributed by atoms with Crippen LogP contribution in [0.3, 0.4) is 0 Å². The van der Waals surface area contributed by atoms with Crippen molar-refractivity contribution in [3.8, 4) is 5.75 Å². The normalized spacial score (nSPS) is 11.4. The second-order valence-corrected chi connectivity index (χ2v) is 7.35. The van der Waals surface area contributed by atoms with Crippen molar-refractivity contribution in [2.45, 2.75) is 32.7 Å². The fraction of sp³-hybridized carbons (Fsp3) is 0.364. The molecule has 0 atom stereocenters. The van der Waals surface area contributed by atoms with E-state index in [0.29, 0.717) is 31.3 Å². The number of hydrogen-bond acceptors (Lipinski definition) is 3. The first-order valence-electron chi connectivity index (χ1n) is 9.58. The van der Waals surface area contributed by atoms with Crippen LogP contribution in [0.5, 0.6) is 5.75 Å². The number of halogens is 2. The number of primary amides is 1. The Bertz CT molecular complexity index is 859. The molecule has 6 nitrogen and oxygen atoms in total. The number of nitrogens with one attached hydrogen (secondary N) is 2. The highest BCUT2D eigenvalue weighted by Crippen LogP contribution is 2.22. The molecule has 0 saturated carbocycles. The summed E-state index contributed by atoms with van der Waals surface area (Å²) >= 11 is 0. The van der Waals surface area contributed by atoms with Gasteiger partial charge < -0.3 is 21.1 Å². The number of benzene rings is 2. The number of carbonyl (C=O) groups excluding carboxylic acids is 1. The van der Waals surface area contributed by atoms with Gasteiger partial charge in [-0.3, -0.25) is 4.79 Å². The van der Waals surface area contributed by atoms with Crippen LogP contribution in [0.1, 0.15) is 31.9 Å². The molecule has 0 aliphatic rings. The first-order chi connectivity index (χ1) is 13.8. The number of rotatable bonds is 9. The predicted molar refractivity (Wildman–Crippen MR) is 129 cm³/mol. The smallest absolute Gasteiger partial charge is 0.255 e. The van der Waals surface area contributed by atoms with Crippen LogP contribution in [0.4, 0.5) is 4.39 Å². The summed E-state index contributed by atoms with van der Waals surface area (Å²) in [5.74, 6) is 0.477. The van der Waals surface area contributed by atoms with E-state index in [-0.39, 0.29) is 41.8 Å². The molecule has 1 amide bonds. The molecule has 0 fully saturated rings. The summed E-state index contributed by atoms with van der Waals surface area (Å²) in [6.07, 6.45) is 0. The molecule has 2 rings (SSSR count). The van der Waals surface area contributed by atoms with Crippen LogP contribution < -0.4 is 21.1 Å². The number of hydrogen-bond donors (Lipinski definition) is 3. The molecule has 0 aliphatic heterocycles. The molecule has 30 heavy (non-hydrogen) atoms. The van der Waals surface area contributed by atoms with E-state index in [4.69, 9.17) is 10.5 Å². The predicted octanol–water partition coefficient (Wildman–Crippen LogP) is 3.34. The zero-order valence-electron chi connectivity index (χ0n) is 17.6. The van der Waals surface area contributed by atoms with Crippen molar-refractivity contribution < 1.29 is 13.9 Å². The van der Waals surface area contributed by atoms with E-state index in [1.807, 2.05) is 31.2 Å². The molecular formula is C22H30FIN4O2. The van der Waals surface area contributed by atoms with E-state index in [2.05, 4.69) is 29.5 Å². The largest absolute Gasteiger partial charge is 0.484 e.